The van der Waals surface area contributed by atoms with Crippen molar-refractivity contribution in [3.8, 4) is 0 Å². The molecule has 1 aliphatic rings. The summed E-state index contributed by atoms with van der Waals surface area (Å²) in [5.41, 5.74) is 3.27. The highest BCUT2D eigenvalue weighted by Gasteiger charge is 2.33. The molecule has 0 aliphatic carbocycles. The first kappa shape index (κ1) is 23.9. The lowest BCUT2D eigenvalue weighted by molar-refractivity contribution is -0.130. The summed E-state index contributed by atoms with van der Waals surface area (Å²) >= 11 is 9.08. The average Bonchev–Trinajstić information content (AvgIpc) is 2.86. The maximum atomic E-state index is 13.7. The molecule has 1 saturated heterocycles. The molecule has 1 fully saturated rings. The van der Waals surface area contributed by atoms with Gasteiger partial charge in [-0.2, -0.15) is 0 Å². The molecule has 9 heteroatoms. The summed E-state index contributed by atoms with van der Waals surface area (Å²) in [4.78, 5) is 37.1. The van der Waals surface area contributed by atoms with Gasteiger partial charge in [-0.25, -0.2) is 9.97 Å². The fraction of sp³-hybridized carbons (Fsp3) is 0.333. The molecule has 0 radical (unpaired) electrons. The van der Waals surface area contributed by atoms with E-state index >= 15 is 0 Å². The summed E-state index contributed by atoms with van der Waals surface area (Å²) in [5, 5.41) is 3.50. The Morgan fingerprint density at radius 2 is 2.00 bits per heavy atom. The number of rotatable bonds is 6. The molecule has 2 atom stereocenters. The summed E-state index contributed by atoms with van der Waals surface area (Å²) in [7, 11) is 1.65. The van der Waals surface area contributed by atoms with Gasteiger partial charge in [0.1, 0.15) is 10.3 Å². The third-order valence-corrected chi connectivity index (χ3v) is 8.30. The van der Waals surface area contributed by atoms with Crippen molar-refractivity contribution in [1.29, 1.82) is 0 Å². The number of carbonyl (C=O) groups excluding carboxylic acids is 2. The van der Waals surface area contributed by atoms with E-state index in [2.05, 4.69) is 5.32 Å². The van der Waals surface area contributed by atoms with Gasteiger partial charge >= 0.3 is 0 Å². The smallest absolute Gasteiger partial charge is 0.241 e. The zero-order valence-corrected chi connectivity index (χ0v) is 20.8. The van der Waals surface area contributed by atoms with Crippen molar-refractivity contribution in [1.82, 2.24) is 20.2 Å². The van der Waals surface area contributed by atoms with Crippen molar-refractivity contribution in [3.63, 3.8) is 0 Å². The number of carbonyl (C=O) groups is 2. The molecular formula is C24H25ClN4O2S2. The molecule has 2 aromatic carbocycles. The molecule has 4 rings (SSSR count). The lowest BCUT2D eigenvalue weighted by atomic mass is 10.1. The minimum atomic E-state index is -0.451. The van der Waals surface area contributed by atoms with Gasteiger partial charge in [-0.15, -0.1) is 11.8 Å². The van der Waals surface area contributed by atoms with Crippen LogP contribution in [0.1, 0.15) is 29.9 Å². The number of fused-ring (bicyclic) bond motifs is 1. The van der Waals surface area contributed by atoms with Crippen LogP contribution in [0.5, 0.6) is 0 Å². The zero-order valence-electron chi connectivity index (χ0n) is 18.5. The number of benzene rings is 2. The zero-order chi connectivity index (χ0) is 23.4. The molecule has 1 aromatic heterocycles. The van der Waals surface area contributed by atoms with E-state index in [4.69, 9.17) is 21.6 Å². The number of hydrogen-bond acceptors (Lipinski definition) is 6. The predicted octanol–water partition coefficient (Wildman–Crippen LogP) is 4.72. The number of aromatic nitrogens is 2. The Bertz CT molecular complexity index is 1150. The van der Waals surface area contributed by atoms with Gasteiger partial charge in [0.25, 0.3) is 0 Å². The minimum absolute atomic E-state index is 0.0141. The maximum Gasteiger partial charge on any atom is 0.241 e. The third kappa shape index (κ3) is 5.45. The fourth-order valence-electron chi connectivity index (χ4n) is 3.68. The molecule has 0 spiro atoms. The van der Waals surface area contributed by atoms with Gasteiger partial charge in [0.15, 0.2) is 0 Å². The highest BCUT2D eigenvalue weighted by Crippen LogP contribution is 2.39. The lowest BCUT2D eigenvalue weighted by Gasteiger charge is -2.33. The Hall–Kier alpha value is -2.29. The molecule has 1 unspecified atom stereocenters. The normalized spacial score (nSPS) is 17.1. The van der Waals surface area contributed by atoms with Crippen LogP contribution in [0.2, 0.25) is 5.02 Å². The summed E-state index contributed by atoms with van der Waals surface area (Å²) in [6.07, 6.45) is 1.33. The van der Waals surface area contributed by atoms with E-state index < -0.39 is 5.25 Å². The molecule has 6 nitrogen and oxygen atoms in total. The van der Waals surface area contributed by atoms with Crippen LogP contribution >= 0.6 is 35.1 Å². The lowest BCUT2D eigenvalue weighted by Crippen LogP contribution is -2.43. The van der Waals surface area contributed by atoms with Crippen LogP contribution in [0.25, 0.3) is 11.0 Å². The minimum Gasteiger partial charge on any atom is -0.358 e. The Balaban J connectivity index is 1.63. The second-order valence-electron chi connectivity index (χ2n) is 7.66. The number of nitrogens with zero attached hydrogens (tertiary/aromatic N) is 3. The highest BCUT2D eigenvalue weighted by atomic mass is 35.5. The predicted molar refractivity (Wildman–Crippen MR) is 136 cm³/mol. The first-order valence-corrected chi connectivity index (χ1v) is 13.1. The van der Waals surface area contributed by atoms with Gasteiger partial charge in [0, 0.05) is 18.6 Å². The molecule has 1 aliphatic heterocycles. The van der Waals surface area contributed by atoms with E-state index in [0.29, 0.717) is 30.3 Å². The highest BCUT2D eigenvalue weighted by molar-refractivity contribution is 8.00. The summed E-state index contributed by atoms with van der Waals surface area (Å²) < 4.78 is 0. The van der Waals surface area contributed by atoms with E-state index in [-0.39, 0.29) is 17.1 Å². The Kier molecular flexibility index (Phi) is 7.78. The second-order valence-corrected chi connectivity index (χ2v) is 10.4. The summed E-state index contributed by atoms with van der Waals surface area (Å²) in [6, 6.07) is 15.2. The first-order valence-electron chi connectivity index (χ1n) is 10.8. The molecule has 172 valence electrons. The van der Waals surface area contributed by atoms with Crippen LogP contribution in [0.3, 0.4) is 0 Å². The van der Waals surface area contributed by atoms with Gasteiger partial charge in [0.05, 0.1) is 27.9 Å². The SMILES string of the molecule is CCc1nc2cc(Cl)ccc2nc1SC(C(=O)N1CC[C@H](C(=O)NC)SC1)c1ccccc1. The summed E-state index contributed by atoms with van der Waals surface area (Å²) in [6.45, 7) is 2.58. The van der Waals surface area contributed by atoms with Crippen LogP contribution in [-0.4, -0.2) is 51.4 Å². The number of nitrogens with one attached hydrogen (secondary N) is 1. The summed E-state index contributed by atoms with van der Waals surface area (Å²) in [5.74, 6) is 0.526. The molecule has 0 saturated carbocycles. The fourth-order valence-corrected chi connectivity index (χ4v) is 6.25. The number of hydrogen-bond donors (Lipinski definition) is 1. The van der Waals surface area contributed by atoms with Gasteiger partial charge in [-0.3, -0.25) is 9.59 Å². The maximum absolute atomic E-state index is 13.7. The molecule has 2 amide bonds. The van der Waals surface area contributed by atoms with Crippen molar-refractivity contribution in [2.75, 3.05) is 19.5 Å². The number of halogens is 1. The molecule has 0 bridgehead atoms. The van der Waals surface area contributed by atoms with Crippen molar-refractivity contribution in [2.24, 2.45) is 0 Å². The van der Waals surface area contributed by atoms with Crippen LogP contribution < -0.4 is 5.32 Å². The van der Waals surface area contributed by atoms with Gasteiger partial charge in [-0.1, -0.05) is 60.6 Å². The van der Waals surface area contributed by atoms with Gasteiger partial charge in [0.2, 0.25) is 11.8 Å². The quantitative estimate of drug-likeness (QED) is 0.494. The monoisotopic (exact) mass is 500 g/mol. The molecular weight excluding hydrogens is 476 g/mol. The topological polar surface area (TPSA) is 75.2 Å². The van der Waals surface area contributed by atoms with Crippen molar-refractivity contribution < 1.29 is 9.59 Å². The number of amides is 2. The number of aryl methyl sites for hydroxylation is 1. The Morgan fingerprint density at radius 3 is 2.67 bits per heavy atom. The molecule has 1 N–H and O–H groups in total. The van der Waals surface area contributed by atoms with Crippen LogP contribution in [0.15, 0.2) is 53.6 Å². The van der Waals surface area contributed by atoms with E-state index in [9.17, 15) is 9.59 Å². The van der Waals surface area contributed by atoms with E-state index in [0.717, 1.165) is 27.3 Å². The average molecular weight is 501 g/mol. The van der Waals surface area contributed by atoms with Gasteiger partial charge < -0.3 is 10.2 Å². The molecule has 33 heavy (non-hydrogen) atoms. The van der Waals surface area contributed by atoms with E-state index in [1.54, 1.807) is 13.1 Å². The Morgan fingerprint density at radius 1 is 1.21 bits per heavy atom. The van der Waals surface area contributed by atoms with Crippen LogP contribution in [-0.2, 0) is 16.0 Å². The third-order valence-electron chi connectivity index (χ3n) is 5.50. The van der Waals surface area contributed by atoms with E-state index in [1.807, 2.05) is 54.3 Å². The molecule has 2 heterocycles. The van der Waals surface area contributed by atoms with Gasteiger partial charge in [-0.05, 0) is 36.6 Å². The van der Waals surface area contributed by atoms with Crippen molar-refractivity contribution in [3.05, 3.63) is 64.8 Å². The Labute approximate surface area is 206 Å². The molecule has 3 aromatic rings. The van der Waals surface area contributed by atoms with E-state index in [1.165, 1.54) is 23.5 Å². The van der Waals surface area contributed by atoms with Crippen LogP contribution in [0.4, 0.5) is 0 Å². The standard InChI is InChI=1S/C24H25ClN4O2S2/c1-3-17-23(28-18-10-9-16(25)13-19(18)27-17)33-21(15-7-5-4-6-8-15)24(31)29-12-11-20(32-14-29)22(30)26-2/h4-10,13,20-21H,3,11-12,14H2,1-2H3,(H,26,30)/t20-,21?/m1/s1. The second kappa shape index (κ2) is 10.8. The van der Waals surface area contributed by atoms with Crippen LogP contribution in [0, 0.1) is 0 Å². The number of thioether (sulfide) groups is 2. The largest absolute Gasteiger partial charge is 0.358 e. The van der Waals surface area contributed by atoms with Crippen molar-refractivity contribution in [2.45, 2.75) is 35.3 Å². The van der Waals surface area contributed by atoms with Crippen molar-refractivity contribution >= 4 is 58.0 Å². The first-order chi connectivity index (χ1) is 16.0.